The van der Waals surface area contributed by atoms with E-state index in [4.69, 9.17) is 9.72 Å². The molecule has 17 nitrogen and oxygen atoms in total. The smallest absolute Gasteiger partial charge is 0.262 e. The van der Waals surface area contributed by atoms with Gasteiger partial charge in [0, 0.05) is 106 Å². The van der Waals surface area contributed by atoms with E-state index in [1.807, 2.05) is 37.6 Å². The molecule has 2 aromatic heterocycles. The summed E-state index contributed by atoms with van der Waals surface area (Å²) in [6, 6.07) is 12.5. The number of methoxy groups -OCH3 is 1. The van der Waals surface area contributed by atoms with Gasteiger partial charge in [-0.05, 0) is 96.9 Å². The number of imide groups is 2. The van der Waals surface area contributed by atoms with E-state index in [0.29, 0.717) is 44.2 Å². The zero-order valence-corrected chi connectivity index (χ0v) is 39.5. The lowest BCUT2D eigenvalue weighted by Crippen LogP contribution is -2.54. The van der Waals surface area contributed by atoms with Crippen LogP contribution in [0.1, 0.15) is 46.4 Å². The van der Waals surface area contributed by atoms with Gasteiger partial charge in [-0.3, -0.25) is 39.0 Å². The minimum Gasteiger partial charge on any atom is -0.494 e. The molecule has 3 saturated heterocycles. The number of aromatic nitrogens is 4. The number of halogens is 2. The average Bonchev–Trinajstić information content (AvgIpc) is 3.84. The number of piperidine rings is 2. The Morgan fingerprint density at radius 2 is 1.62 bits per heavy atom. The number of hydrogen-bond acceptors (Lipinski definition) is 14. The van der Waals surface area contributed by atoms with Gasteiger partial charge in [-0.1, -0.05) is 0 Å². The third kappa shape index (κ3) is 9.16. The Balaban J connectivity index is 0.847. The Morgan fingerprint density at radius 3 is 2.32 bits per heavy atom. The van der Waals surface area contributed by atoms with Crippen LogP contribution in [0, 0.1) is 11.7 Å². The van der Waals surface area contributed by atoms with Crippen molar-refractivity contribution >= 4 is 86.5 Å². The molecule has 0 radical (unpaired) electrons. The van der Waals surface area contributed by atoms with Gasteiger partial charge in [-0.15, -0.1) is 0 Å². The standard InChI is InChI=1S/C46H50BrFN11O6P/c1-55-26-28(23-50-55)32-21-36(52-46-49-24-34(47)42(54-46)51-35-8-5-29(48)19-40(35)66(3,4)64)39(65-2)22-38(32)58-13-11-27(12-14-58)25-56-15-17-57(18-16-56)30-6-7-31-33(20-30)45(63)59(44(31)62)37-9-10-41(60)53-43(37)61/h5-8,19-24,26-27,37H,9-18,25H2,1-4H3,(H,53,60,61)(H2,49,51,52,54). The van der Waals surface area contributed by atoms with Crippen LogP contribution >= 0.6 is 23.1 Å². The summed E-state index contributed by atoms with van der Waals surface area (Å²) in [7, 11) is 0.678. The summed E-state index contributed by atoms with van der Waals surface area (Å²) in [5.74, 6) is -0.711. The number of nitrogens with one attached hydrogen (secondary N) is 3. The molecule has 3 N–H and O–H groups in total. The van der Waals surface area contributed by atoms with Crippen molar-refractivity contribution in [1.29, 1.82) is 0 Å². The number of amides is 4. The van der Waals surface area contributed by atoms with Crippen molar-refractivity contribution in [3.05, 3.63) is 88.5 Å². The number of benzene rings is 3. The van der Waals surface area contributed by atoms with Gasteiger partial charge in [0.05, 0.1) is 40.3 Å². The summed E-state index contributed by atoms with van der Waals surface area (Å²) in [6.45, 7) is 9.12. The van der Waals surface area contributed by atoms with E-state index in [9.17, 15) is 28.1 Å². The lowest BCUT2D eigenvalue weighted by Gasteiger charge is -2.40. The Bertz CT molecular complexity index is 2800. The van der Waals surface area contributed by atoms with Crippen LogP contribution in [0.3, 0.4) is 0 Å². The molecular formula is C46H50BrFN11O6P. The molecule has 4 aliphatic heterocycles. The highest BCUT2D eigenvalue weighted by atomic mass is 79.9. The second-order valence-electron chi connectivity index (χ2n) is 17.5. The van der Waals surface area contributed by atoms with Crippen LogP contribution < -0.4 is 35.8 Å². The fraction of sp³-hybridized carbons (Fsp3) is 0.370. The third-order valence-corrected chi connectivity index (χ3v) is 14.9. The van der Waals surface area contributed by atoms with E-state index in [2.05, 4.69) is 56.7 Å². The Labute approximate surface area is 389 Å². The number of nitrogens with zero attached hydrogens (tertiary/aromatic N) is 8. The zero-order chi connectivity index (χ0) is 46.4. The molecular weight excluding hydrogens is 932 g/mol. The summed E-state index contributed by atoms with van der Waals surface area (Å²) >= 11 is 3.52. The van der Waals surface area contributed by atoms with Crippen LogP contribution in [0.2, 0.25) is 0 Å². The van der Waals surface area contributed by atoms with Crippen molar-refractivity contribution in [3.63, 3.8) is 0 Å². The van der Waals surface area contributed by atoms with Crippen molar-refractivity contribution < 1.29 is 32.9 Å². The number of rotatable bonds is 12. The maximum atomic E-state index is 14.2. The molecule has 9 rings (SSSR count). The fourth-order valence-corrected chi connectivity index (χ4v) is 10.7. The Hall–Kier alpha value is -6.17. The van der Waals surface area contributed by atoms with Crippen LogP contribution in [0.4, 0.5) is 38.9 Å². The van der Waals surface area contributed by atoms with E-state index in [1.165, 1.54) is 12.1 Å². The molecule has 0 spiro atoms. The van der Waals surface area contributed by atoms with Crippen LogP contribution in [-0.2, 0) is 21.2 Å². The molecule has 0 saturated carbocycles. The minimum absolute atomic E-state index is 0.0780. The highest BCUT2D eigenvalue weighted by Gasteiger charge is 2.45. The van der Waals surface area contributed by atoms with E-state index >= 15 is 0 Å². The minimum atomic E-state index is -2.84. The predicted molar refractivity (Wildman–Crippen MR) is 254 cm³/mol. The number of anilines is 6. The number of ether oxygens (including phenoxy) is 1. The predicted octanol–water partition coefficient (Wildman–Crippen LogP) is 5.96. The van der Waals surface area contributed by atoms with Gasteiger partial charge in [-0.2, -0.15) is 10.1 Å². The second-order valence-corrected chi connectivity index (χ2v) is 21.6. The molecule has 0 aliphatic carbocycles. The van der Waals surface area contributed by atoms with Crippen LogP contribution in [-0.4, -0.2) is 125 Å². The molecule has 6 heterocycles. The van der Waals surface area contributed by atoms with Gasteiger partial charge in [0.15, 0.2) is 0 Å². The van der Waals surface area contributed by atoms with Crippen molar-refractivity contribution in [3.8, 4) is 16.9 Å². The fourth-order valence-electron chi connectivity index (χ4n) is 9.27. The molecule has 0 bridgehead atoms. The van der Waals surface area contributed by atoms with E-state index in [-0.39, 0.29) is 24.4 Å². The van der Waals surface area contributed by atoms with Crippen LogP contribution in [0.15, 0.2) is 71.6 Å². The molecule has 1 atom stereocenters. The Kier molecular flexibility index (Phi) is 12.4. The van der Waals surface area contributed by atoms with Crippen molar-refractivity contribution in [2.45, 2.75) is 31.7 Å². The monoisotopic (exact) mass is 981 g/mol. The van der Waals surface area contributed by atoms with Gasteiger partial charge in [0.2, 0.25) is 17.8 Å². The van der Waals surface area contributed by atoms with Crippen molar-refractivity contribution in [2.24, 2.45) is 13.0 Å². The zero-order valence-electron chi connectivity index (χ0n) is 37.0. The molecule has 5 aromatic rings. The number of carbonyl (C=O) groups excluding carboxylic acids is 4. The maximum Gasteiger partial charge on any atom is 0.262 e. The van der Waals surface area contributed by atoms with Crippen LogP contribution in [0.25, 0.3) is 11.1 Å². The quantitative estimate of drug-likeness (QED) is 0.0982. The molecule has 3 fully saturated rings. The van der Waals surface area contributed by atoms with Gasteiger partial charge in [-0.25, -0.2) is 9.37 Å². The molecule has 4 amide bonds. The normalized spacial score (nSPS) is 18.5. The SMILES string of the molecule is COc1cc(N2CCC(CN3CCN(c4ccc5c(c4)C(=O)N(C4CCC(=O)NC4=O)C5=O)CC3)CC2)c(-c2cnn(C)c2)cc1Nc1ncc(Br)c(Nc2ccc(F)cc2P(C)(C)=O)n1. The maximum absolute atomic E-state index is 14.2. The van der Waals surface area contributed by atoms with Gasteiger partial charge in [0.1, 0.15) is 30.6 Å². The first kappa shape index (κ1) is 45.0. The molecule has 3 aromatic carbocycles. The molecule has 66 heavy (non-hydrogen) atoms. The lowest BCUT2D eigenvalue weighted by molar-refractivity contribution is -0.136. The summed E-state index contributed by atoms with van der Waals surface area (Å²) in [5, 5.41) is 13.7. The first-order valence-corrected chi connectivity index (χ1v) is 25.2. The highest BCUT2D eigenvalue weighted by molar-refractivity contribution is 9.10. The largest absolute Gasteiger partial charge is 0.494 e. The van der Waals surface area contributed by atoms with E-state index in [0.717, 1.165) is 86.1 Å². The molecule has 1 unspecified atom stereocenters. The molecule has 20 heteroatoms. The number of hydrogen-bond donors (Lipinski definition) is 3. The summed E-state index contributed by atoms with van der Waals surface area (Å²) < 4.78 is 35.5. The van der Waals surface area contributed by atoms with Gasteiger partial charge < -0.3 is 29.7 Å². The van der Waals surface area contributed by atoms with E-state index < -0.39 is 42.6 Å². The third-order valence-electron chi connectivity index (χ3n) is 12.7. The lowest BCUT2D eigenvalue weighted by atomic mass is 9.94. The van der Waals surface area contributed by atoms with Gasteiger partial charge in [0.25, 0.3) is 11.8 Å². The second kappa shape index (κ2) is 18.2. The molecule has 344 valence electrons. The number of fused-ring (bicyclic) bond motifs is 1. The van der Waals surface area contributed by atoms with Gasteiger partial charge >= 0.3 is 0 Å². The van der Waals surface area contributed by atoms with E-state index in [1.54, 1.807) is 49.5 Å². The highest BCUT2D eigenvalue weighted by Crippen LogP contribution is 2.43. The van der Waals surface area contributed by atoms with Crippen molar-refractivity contribution in [1.82, 2.24) is 34.9 Å². The summed E-state index contributed by atoms with van der Waals surface area (Å²) in [4.78, 5) is 68.2. The first-order valence-electron chi connectivity index (χ1n) is 21.8. The topological polar surface area (TPSA) is 187 Å². The Morgan fingerprint density at radius 1 is 0.864 bits per heavy atom. The number of piperazine rings is 1. The number of aryl methyl sites for hydroxylation is 1. The molecule has 4 aliphatic rings. The first-order chi connectivity index (χ1) is 31.6. The van der Waals surface area contributed by atoms with Crippen molar-refractivity contribution in [2.75, 3.05) is 86.7 Å². The summed E-state index contributed by atoms with van der Waals surface area (Å²) in [5.41, 5.74) is 5.50. The summed E-state index contributed by atoms with van der Waals surface area (Å²) in [6.07, 6.45) is 7.64. The average molecular weight is 983 g/mol. The number of carbonyl (C=O) groups is 4. The van der Waals surface area contributed by atoms with Crippen LogP contribution in [0.5, 0.6) is 5.75 Å².